The van der Waals surface area contributed by atoms with E-state index < -0.39 is 0 Å². The standard InChI is InChI=1S/C64H43N3S/c1-4-14-46(15-5-1)63-40-41-64(68-63)47-28-36-54(37-29-47)65(52-32-24-44(25-33-52)48-30-38-61-57(42-48)55-20-10-12-22-59(55)66(61)50-16-6-2-7-17-50)53-34-26-45(27-35-53)49-31-39-62-58(43-49)56-21-11-13-23-60(56)67(62)51-18-8-3-9-19-51/h1-43H. The summed E-state index contributed by atoms with van der Waals surface area (Å²) in [5, 5.41) is 4.99. The van der Waals surface area contributed by atoms with Crippen molar-refractivity contribution < 1.29 is 0 Å². The van der Waals surface area contributed by atoms with Crippen molar-refractivity contribution in [1.29, 1.82) is 0 Å². The fourth-order valence-electron chi connectivity index (χ4n) is 10.1. The first-order valence-electron chi connectivity index (χ1n) is 23.2. The van der Waals surface area contributed by atoms with E-state index in [4.69, 9.17) is 0 Å². The average Bonchev–Trinajstić information content (AvgIpc) is 4.13. The van der Waals surface area contributed by atoms with Gasteiger partial charge in [-0.2, -0.15) is 0 Å². The fraction of sp³-hybridized carbons (Fsp3) is 0. The van der Waals surface area contributed by atoms with Crippen LogP contribution < -0.4 is 4.90 Å². The molecule has 0 saturated heterocycles. The predicted molar refractivity (Wildman–Crippen MR) is 289 cm³/mol. The lowest BCUT2D eigenvalue weighted by atomic mass is 10.0. The van der Waals surface area contributed by atoms with Crippen LogP contribution in [0.25, 0.3) is 98.1 Å². The normalized spacial score (nSPS) is 11.5. The molecule has 0 aliphatic heterocycles. The van der Waals surface area contributed by atoms with Crippen molar-refractivity contribution in [3.8, 4) is 54.5 Å². The average molecular weight is 886 g/mol. The summed E-state index contributed by atoms with van der Waals surface area (Å²) in [6, 6.07) is 94.8. The van der Waals surface area contributed by atoms with Gasteiger partial charge in [-0.1, -0.05) is 152 Å². The Hall–Kier alpha value is -8.70. The lowest BCUT2D eigenvalue weighted by Crippen LogP contribution is -2.09. The molecule has 4 heteroatoms. The highest BCUT2D eigenvalue weighted by Gasteiger charge is 2.18. The highest BCUT2D eigenvalue weighted by Crippen LogP contribution is 2.42. The molecule has 0 saturated carbocycles. The number of fused-ring (bicyclic) bond motifs is 6. The van der Waals surface area contributed by atoms with Crippen molar-refractivity contribution >= 4 is 72.0 Å². The summed E-state index contributed by atoms with van der Waals surface area (Å²) in [6.07, 6.45) is 0. The molecule has 0 N–H and O–H groups in total. The first-order valence-corrected chi connectivity index (χ1v) is 24.0. The quantitative estimate of drug-likeness (QED) is 0.141. The maximum Gasteiger partial charge on any atom is 0.0541 e. The Bertz CT molecular complexity index is 3720. The van der Waals surface area contributed by atoms with Crippen molar-refractivity contribution in [2.45, 2.75) is 0 Å². The Morgan fingerprint density at radius 1 is 0.250 bits per heavy atom. The van der Waals surface area contributed by atoms with Crippen molar-refractivity contribution in [3.05, 3.63) is 261 Å². The molecule has 13 rings (SSSR count). The third kappa shape index (κ3) is 6.90. The van der Waals surface area contributed by atoms with Gasteiger partial charge in [0.05, 0.1) is 22.1 Å². The molecule has 0 radical (unpaired) electrons. The van der Waals surface area contributed by atoms with Crippen LogP contribution in [0, 0.1) is 0 Å². The Labute approximate surface area is 399 Å². The highest BCUT2D eigenvalue weighted by atomic mass is 32.1. The van der Waals surface area contributed by atoms with E-state index in [0.717, 1.165) is 28.4 Å². The van der Waals surface area contributed by atoms with E-state index in [9.17, 15) is 0 Å². The Morgan fingerprint density at radius 2 is 0.588 bits per heavy atom. The molecule has 0 aliphatic carbocycles. The van der Waals surface area contributed by atoms with Gasteiger partial charge in [0.25, 0.3) is 0 Å². The van der Waals surface area contributed by atoms with Crippen molar-refractivity contribution in [2.24, 2.45) is 0 Å². The highest BCUT2D eigenvalue weighted by molar-refractivity contribution is 7.18. The van der Waals surface area contributed by atoms with Gasteiger partial charge >= 0.3 is 0 Å². The minimum Gasteiger partial charge on any atom is -0.311 e. The molecule has 0 unspecified atom stereocenters. The molecule has 3 heterocycles. The molecule has 320 valence electrons. The summed E-state index contributed by atoms with van der Waals surface area (Å²) in [4.78, 5) is 4.89. The van der Waals surface area contributed by atoms with Gasteiger partial charge in [0.15, 0.2) is 0 Å². The molecule has 0 atom stereocenters. The Kier molecular flexibility index (Phi) is 9.69. The second-order valence-electron chi connectivity index (χ2n) is 17.3. The topological polar surface area (TPSA) is 13.1 Å². The molecule has 10 aromatic carbocycles. The summed E-state index contributed by atoms with van der Waals surface area (Å²) in [6.45, 7) is 0. The van der Waals surface area contributed by atoms with Crippen LogP contribution in [0.15, 0.2) is 261 Å². The van der Waals surface area contributed by atoms with E-state index in [1.165, 1.54) is 86.7 Å². The summed E-state index contributed by atoms with van der Waals surface area (Å²) < 4.78 is 4.74. The second kappa shape index (κ2) is 16.6. The number of nitrogens with zero attached hydrogens (tertiary/aromatic N) is 3. The summed E-state index contributed by atoms with van der Waals surface area (Å²) >= 11 is 1.83. The molecule has 0 aliphatic rings. The number of benzene rings is 10. The van der Waals surface area contributed by atoms with E-state index in [1.807, 2.05) is 11.3 Å². The smallest absolute Gasteiger partial charge is 0.0541 e. The van der Waals surface area contributed by atoms with Crippen LogP contribution >= 0.6 is 11.3 Å². The SMILES string of the molecule is c1ccc(-c2ccc(-c3ccc(N(c4ccc(-c5ccc6c(c5)c5ccccc5n6-c5ccccc5)cc4)c4ccc(-c5ccc6c(c5)c5ccccc5n6-c5ccccc5)cc4)cc3)s2)cc1. The minimum atomic E-state index is 1.09. The molecule has 3 aromatic heterocycles. The van der Waals surface area contributed by atoms with Crippen LogP contribution in [-0.2, 0) is 0 Å². The van der Waals surface area contributed by atoms with Gasteiger partial charge in [0, 0.05) is 59.7 Å². The third-order valence-electron chi connectivity index (χ3n) is 13.4. The third-order valence-corrected chi connectivity index (χ3v) is 14.5. The molecular weight excluding hydrogens is 843 g/mol. The number of para-hydroxylation sites is 4. The van der Waals surface area contributed by atoms with Crippen LogP contribution in [0.2, 0.25) is 0 Å². The van der Waals surface area contributed by atoms with Gasteiger partial charge in [0.2, 0.25) is 0 Å². The van der Waals surface area contributed by atoms with Crippen LogP contribution in [0.3, 0.4) is 0 Å². The van der Waals surface area contributed by atoms with Gasteiger partial charge in [0.1, 0.15) is 0 Å². The first kappa shape index (κ1) is 39.6. The number of aromatic nitrogens is 2. The zero-order valence-corrected chi connectivity index (χ0v) is 37.9. The Morgan fingerprint density at radius 3 is 1.03 bits per heavy atom. The molecule has 3 nitrogen and oxygen atoms in total. The minimum absolute atomic E-state index is 1.09. The van der Waals surface area contributed by atoms with Crippen molar-refractivity contribution in [2.75, 3.05) is 4.90 Å². The maximum atomic E-state index is 2.37. The molecule has 0 spiro atoms. The van der Waals surface area contributed by atoms with E-state index >= 15 is 0 Å². The Balaban J connectivity index is 0.871. The number of thiophene rings is 1. The van der Waals surface area contributed by atoms with E-state index in [1.54, 1.807) is 0 Å². The summed E-state index contributed by atoms with van der Waals surface area (Å²) in [7, 11) is 0. The predicted octanol–water partition coefficient (Wildman–Crippen LogP) is 18.1. The van der Waals surface area contributed by atoms with Gasteiger partial charge in [-0.25, -0.2) is 0 Å². The molecule has 13 aromatic rings. The zero-order valence-electron chi connectivity index (χ0n) is 37.1. The largest absolute Gasteiger partial charge is 0.311 e. The molecule has 0 bridgehead atoms. The molecular formula is C64H43N3S. The summed E-state index contributed by atoms with van der Waals surface area (Å²) in [5.74, 6) is 0. The zero-order chi connectivity index (χ0) is 45.0. The lowest BCUT2D eigenvalue weighted by molar-refractivity contribution is 1.18. The van der Waals surface area contributed by atoms with Crippen LogP contribution in [0.4, 0.5) is 17.1 Å². The first-order chi connectivity index (χ1) is 33.7. The van der Waals surface area contributed by atoms with Crippen LogP contribution in [0.1, 0.15) is 0 Å². The molecule has 0 fully saturated rings. The second-order valence-corrected chi connectivity index (χ2v) is 18.4. The maximum absolute atomic E-state index is 2.37. The molecule has 0 amide bonds. The van der Waals surface area contributed by atoms with Crippen LogP contribution in [0.5, 0.6) is 0 Å². The van der Waals surface area contributed by atoms with E-state index in [-0.39, 0.29) is 0 Å². The van der Waals surface area contributed by atoms with Gasteiger partial charge < -0.3 is 14.0 Å². The van der Waals surface area contributed by atoms with Crippen LogP contribution in [-0.4, -0.2) is 9.13 Å². The van der Waals surface area contributed by atoms with E-state index in [2.05, 4.69) is 275 Å². The monoisotopic (exact) mass is 885 g/mol. The lowest BCUT2D eigenvalue weighted by Gasteiger charge is -2.26. The van der Waals surface area contributed by atoms with Crippen molar-refractivity contribution in [1.82, 2.24) is 9.13 Å². The summed E-state index contributed by atoms with van der Waals surface area (Å²) in [5.41, 5.74) is 17.6. The van der Waals surface area contributed by atoms with Gasteiger partial charge in [-0.3, -0.25) is 0 Å². The number of rotatable bonds is 9. The fourth-order valence-corrected chi connectivity index (χ4v) is 11.1. The van der Waals surface area contributed by atoms with Gasteiger partial charge in [-0.15, -0.1) is 11.3 Å². The number of anilines is 3. The van der Waals surface area contributed by atoms with Crippen molar-refractivity contribution in [3.63, 3.8) is 0 Å². The number of hydrogen-bond donors (Lipinski definition) is 0. The van der Waals surface area contributed by atoms with Gasteiger partial charge in [-0.05, 0) is 143 Å². The number of hydrogen-bond acceptors (Lipinski definition) is 2. The molecule has 68 heavy (non-hydrogen) atoms. The van der Waals surface area contributed by atoms with E-state index in [0.29, 0.717) is 0 Å².